The summed E-state index contributed by atoms with van der Waals surface area (Å²) in [6.45, 7) is 7.20. The maximum Gasteiger partial charge on any atom is 0.254 e. The van der Waals surface area contributed by atoms with Crippen molar-refractivity contribution in [2.45, 2.75) is 40.3 Å². The lowest BCUT2D eigenvalue weighted by molar-refractivity contribution is 0.0733. The van der Waals surface area contributed by atoms with E-state index in [1.54, 1.807) is 12.1 Å². The van der Waals surface area contributed by atoms with Crippen LogP contribution in [0, 0.1) is 26.6 Å². The zero-order chi connectivity index (χ0) is 22.8. The van der Waals surface area contributed by atoms with E-state index in [4.69, 9.17) is 0 Å². The molecule has 1 aromatic heterocycles. The third kappa shape index (κ3) is 4.26. The summed E-state index contributed by atoms with van der Waals surface area (Å²) in [6, 6.07) is 11.8. The van der Waals surface area contributed by atoms with Crippen LogP contribution in [-0.4, -0.2) is 28.2 Å². The molecule has 1 N–H and O–H groups in total. The van der Waals surface area contributed by atoms with Crippen LogP contribution in [0.5, 0.6) is 0 Å². The van der Waals surface area contributed by atoms with Gasteiger partial charge in [0.25, 0.3) is 11.8 Å². The molecular formula is C26H26FN3O2. The Labute approximate surface area is 187 Å². The summed E-state index contributed by atoms with van der Waals surface area (Å²) in [5.41, 5.74) is 6.69. The zero-order valence-corrected chi connectivity index (χ0v) is 18.5. The molecule has 6 heteroatoms. The zero-order valence-electron chi connectivity index (χ0n) is 18.5. The van der Waals surface area contributed by atoms with E-state index in [1.807, 2.05) is 50.1 Å². The fourth-order valence-corrected chi connectivity index (χ4v) is 4.26. The summed E-state index contributed by atoms with van der Waals surface area (Å²) in [4.78, 5) is 31.9. The largest absolute Gasteiger partial charge is 0.348 e. The minimum absolute atomic E-state index is 0.0168. The van der Waals surface area contributed by atoms with Crippen molar-refractivity contribution in [2.24, 2.45) is 0 Å². The molecule has 0 unspecified atom stereocenters. The Morgan fingerprint density at radius 3 is 2.62 bits per heavy atom. The number of nitrogens with one attached hydrogen (secondary N) is 1. The van der Waals surface area contributed by atoms with Crippen LogP contribution in [-0.2, 0) is 19.5 Å². The molecule has 0 aliphatic carbocycles. The van der Waals surface area contributed by atoms with Gasteiger partial charge >= 0.3 is 0 Å². The smallest absolute Gasteiger partial charge is 0.254 e. The highest BCUT2D eigenvalue weighted by atomic mass is 19.1. The van der Waals surface area contributed by atoms with Crippen molar-refractivity contribution < 1.29 is 14.0 Å². The number of fused-ring (bicyclic) bond motifs is 1. The van der Waals surface area contributed by atoms with E-state index in [2.05, 4.69) is 10.3 Å². The van der Waals surface area contributed by atoms with Gasteiger partial charge in [-0.1, -0.05) is 29.8 Å². The summed E-state index contributed by atoms with van der Waals surface area (Å²) < 4.78 is 13.9. The minimum Gasteiger partial charge on any atom is -0.348 e. The van der Waals surface area contributed by atoms with Crippen molar-refractivity contribution in [3.63, 3.8) is 0 Å². The standard InChI is InChI=1S/C26H26FN3O2/c1-16-8-9-20(17(2)12-16)26(32)30-11-10-21-19(15-30)13-28-18(3)23(21)14-29-25(31)22-6-4-5-7-24(22)27/h4-9,12-13H,10-11,14-15H2,1-3H3,(H,29,31). The van der Waals surface area contributed by atoms with Gasteiger partial charge in [-0.2, -0.15) is 0 Å². The van der Waals surface area contributed by atoms with Gasteiger partial charge in [-0.15, -0.1) is 0 Å². The third-order valence-electron chi connectivity index (χ3n) is 6.04. The average Bonchev–Trinajstić information content (AvgIpc) is 2.78. The first-order valence-corrected chi connectivity index (χ1v) is 10.7. The number of halogens is 1. The highest BCUT2D eigenvalue weighted by Crippen LogP contribution is 2.26. The molecule has 0 bridgehead atoms. The van der Waals surface area contributed by atoms with Gasteiger partial charge in [-0.05, 0) is 67.6 Å². The topological polar surface area (TPSA) is 62.3 Å². The highest BCUT2D eigenvalue weighted by molar-refractivity contribution is 5.96. The number of aromatic nitrogens is 1. The SMILES string of the molecule is Cc1ccc(C(=O)N2CCc3c(cnc(C)c3CNC(=O)c3ccccc3F)C2)c(C)c1. The lowest BCUT2D eigenvalue weighted by atomic mass is 9.94. The molecule has 2 heterocycles. The Morgan fingerprint density at radius 1 is 1.09 bits per heavy atom. The second-order valence-corrected chi connectivity index (χ2v) is 8.28. The molecule has 3 aromatic rings. The summed E-state index contributed by atoms with van der Waals surface area (Å²) in [5, 5.41) is 2.82. The van der Waals surface area contributed by atoms with Crippen molar-refractivity contribution in [1.82, 2.24) is 15.2 Å². The van der Waals surface area contributed by atoms with Crippen LogP contribution >= 0.6 is 0 Å². The summed E-state index contributed by atoms with van der Waals surface area (Å²) >= 11 is 0. The summed E-state index contributed by atoms with van der Waals surface area (Å²) in [5.74, 6) is -0.985. The molecule has 0 atom stereocenters. The quantitative estimate of drug-likeness (QED) is 0.671. The van der Waals surface area contributed by atoms with Crippen LogP contribution in [0.1, 0.15) is 54.2 Å². The Morgan fingerprint density at radius 2 is 1.88 bits per heavy atom. The molecule has 1 aliphatic heterocycles. The molecule has 164 valence electrons. The second kappa shape index (κ2) is 8.91. The normalized spacial score (nSPS) is 12.9. The van der Waals surface area contributed by atoms with Crippen LogP contribution in [0.15, 0.2) is 48.7 Å². The van der Waals surface area contributed by atoms with Gasteiger partial charge in [0.05, 0.1) is 5.56 Å². The van der Waals surface area contributed by atoms with Crippen molar-refractivity contribution in [2.75, 3.05) is 6.54 Å². The van der Waals surface area contributed by atoms with Crippen LogP contribution in [0.4, 0.5) is 4.39 Å². The first-order valence-electron chi connectivity index (χ1n) is 10.7. The summed E-state index contributed by atoms with van der Waals surface area (Å²) in [6.07, 6.45) is 2.49. The van der Waals surface area contributed by atoms with Gasteiger partial charge in [-0.25, -0.2) is 4.39 Å². The molecule has 5 nitrogen and oxygen atoms in total. The third-order valence-corrected chi connectivity index (χ3v) is 6.04. The van der Waals surface area contributed by atoms with Gasteiger partial charge in [-0.3, -0.25) is 14.6 Å². The molecule has 32 heavy (non-hydrogen) atoms. The fraction of sp³-hybridized carbons (Fsp3) is 0.269. The van der Waals surface area contributed by atoms with E-state index < -0.39 is 11.7 Å². The number of rotatable bonds is 4. The highest BCUT2D eigenvalue weighted by Gasteiger charge is 2.25. The Bertz CT molecular complexity index is 1210. The molecule has 0 saturated carbocycles. The van der Waals surface area contributed by atoms with E-state index in [9.17, 15) is 14.0 Å². The van der Waals surface area contributed by atoms with Gasteiger partial charge in [0.2, 0.25) is 0 Å². The lowest BCUT2D eigenvalue weighted by Crippen LogP contribution is -2.37. The summed E-state index contributed by atoms with van der Waals surface area (Å²) in [7, 11) is 0. The van der Waals surface area contributed by atoms with Crippen molar-refractivity contribution in [3.8, 4) is 0 Å². The second-order valence-electron chi connectivity index (χ2n) is 8.28. The van der Waals surface area contributed by atoms with Crippen molar-refractivity contribution in [3.05, 3.63) is 99.1 Å². The van der Waals surface area contributed by atoms with Gasteiger partial charge < -0.3 is 10.2 Å². The Kier molecular flexibility index (Phi) is 6.04. The maximum atomic E-state index is 13.9. The molecule has 2 amide bonds. The number of carbonyl (C=O) groups is 2. The van der Waals surface area contributed by atoms with E-state index in [1.165, 1.54) is 12.1 Å². The van der Waals surface area contributed by atoms with Crippen LogP contribution in [0.3, 0.4) is 0 Å². The van der Waals surface area contributed by atoms with Crippen LogP contribution in [0.2, 0.25) is 0 Å². The van der Waals surface area contributed by atoms with E-state index in [-0.39, 0.29) is 18.0 Å². The predicted molar refractivity (Wildman–Crippen MR) is 121 cm³/mol. The minimum atomic E-state index is -0.546. The molecule has 0 fully saturated rings. The van der Waals surface area contributed by atoms with Crippen LogP contribution in [0.25, 0.3) is 0 Å². The number of hydrogen-bond acceptors (Lipinski definition) is 3. The molecule has 0 spiro atoms. The molecule has 0 radical (unpaired) electrons. The predicted octanol–water partition coefficient (Wildman–Crippen LogP) is 4.27. The molecule has 1 aliphatic rings. The number of nitrogens with zero attached hydrogens (tertiary/aromatic N) is 2. The number of aryl methyl sites for hydroxylation is 3. The molecule has 2 aromatic carbocycles. The number of benzene rings is 2. The fourth-order valence-electron chi connectivity index (χ4n) is 4.26. The Hall–Kier alpha value is -3.54. The average molecular weight is 432 g/mol. The van der Waals surface area contributed by atoms with Gasteiger partial charge in [0.1, 0.15) is 5.82 Å². The van der Waals surface area contributed by atoms with Gasteiger partial charge in [0, 0.05) is 37.1 Å². The maximum absolute atomic E-state index is 13.9. The van der Waals surface area contributed by atoms with Crippen molar-refractivity contribution in [1.29, 1.82) is 0 Å². The Balaban J connectivity index is 1.52. The van der Waals surface area contributed by atoms with Gasteiger partial charge in [0.15, 0.2) is 0 Å². The van der Waals surface area contributed by atoms with Crippen LogP contribution < -0.4 is 5.32 Å². The van der Waals surface area contributed by atoms with E-state index >= 15 is 0 Å². The monoisotopic (exact) mass is 431 g/mol. The molecule has 0 saturated heterocycles. The van der Waals surface area contributed by atoms with E-state index in [0.717, 1.165) is 39.1 Å². The number of hydrogen-bond donors (Lipinski definition) is 1. The van der Waals surface area contributed by atoms with E-state index in [0.29, 0.717) is 19.5 Å². The lowest BCUT2D eigenvalue weighted by Gasteiger charge is -2.31. The first kappa shape index (κ1) is 21.7. The van der Waals surface area contributed by atoms with Crippen molar-refractivity contribution >= 4 is 11.8 Å². The number of carbonyl (C=O) groups excluding carboxylic acids is 2. The molecule has 4 rings (SSSR count). The first-order chi connectivity index (χ1) is 15.3. The molecular weight excluding hydrogens is 405 g/mol. The number of pyridine rings is 1. The number of amides is 2.